The van der Waals surface area contributed by atoms with Crippen LogP contribution in [-0.2, 0) is 0 Å². The molecular weight excluding hydrogens is 228 g/mol. The van der Waals surface area contributed by atoms with E-state index in [1.54, 1.807) is 24.3 Å². The average Bonchev–Trinajstić information content (AvgIpc) is 3.08. The fourth-order valence-electron chi connectivity index (χ4n) is 1.79. The molecule has 1 heterocycles. The van der Waals surface area contributed by atoms with Crippen molar-refractivity contribution in [2.24, 2.45) is 0 Å². The molecule has 0 bridgehead atoms. The van der Waals surface area contributed by atoms with Gasteiger partial charge in [0.1, 0.15) is 11.5 Å². The Bertz CT molecular complexity index is 579. The summed E-state index contributed by atoms with van der Waals surface area (Å²) in [6.45, 7) is 1.82. The molecule has 2 aromatic rings. The highest BCUT2D eigenvalue weighted by Gasteiger charge is 2.23. The number of ether oxygens (including phenoxy) is 1. The number of hydrogen-bond acceptors (Lipinski definition) is 3. The van der Waals surface area contributed by atoms with Crippen LogP contribution in [0.1, 0.15) is 34.7 Å². The number of hydrogen-bond donors (Lipinski definition) is 0. The zero-order valence-corrected chi connectivity index (χ0v) is 10.2. The van der Waals surface area contributed by atoms with Crippen molar-refractivity contribution in [1.29, 1.82) is 0 Å². The van der Waals surface area contributed by atoms with Crippen molar-refractivity contribution in [2.75, 3.05) is 0 Å². The summed E-state index contributed by atoms with van der Waals surface area (Å²) in [6.07, 6.45) is 2.55. The molecule has 18 heavy (non-hydrogen) atoms. The van der Waals surface area contributed by atoms with Crippen molar-refractivity contribution in [1.82, 2.24) is 0 Å². The molecule has 1 aliphatic rings. The van der Waals surface area contributed by atoms with Gasteiger partial charge in [0, 0.05) is 5.56 Å². The van der Waals surface area contributed by atoms with Crippen LogP contribution in [0.25, 0.3) is 0 Å². The molecule has 1 aliphatic carbocycles. The molecule has 3 rings (SSSR count). The van der Waals surface area contributed by atoms with Crippen molar-refractivity contribution in [2.45, 2.75) is 25.9 Å². The van der Waals surface area contributed by atoms with Gasteiger partial charge in [-0.05, 0) is 44.0 Å². The van der Waals surface area contributed by atoms with Crippen LogP contribution in [0.4, 0.5) is 0 Å². The Morgan fingerprint density at radius 1 is 1.28 bits per heavy atom. The molecule has 0 aliphatic heterocycles. The van der Waals surface area contributed by atoms with E-state index in [1.807, 2.05) is 19.1 Å². The maximum Gasteiger partial charge on any atom is 0.228 e. The molecule has 0 saturated heterocycles. The summed E-state index contributed by atoms with van der Waals surface area (Å²) in [4.78, 5) is 12.2. The lowest BCUT2D eigenvalue weighted by Crippen LogP contribution is -2.01. The van der Waals surface area contributed by atoms with Gasteiger partial charge in [-0.3, -0.25) is 4.79 Å². The third-order valence-corrected chi connectivity index (χ3v) is 2.89. The quantitative estimate of drug-likeness (QED) is 0.772. The minimum absolute atomic E-state index is 0.107. The largest absolute Gasteiger partial charge is 0.490 e. The molecule has 0 unspecified atom stereocenters. The Balaban J connectivity index is 1.84. The monoisotopic (exact) mass is 242 g/mol. The van der Waals surface area contributed by atoms with Crippen molar-refractivity contribution < 1.29 is 13.9 Å². The second kappa shape index (κ2) is 4.33. The van der Waals surface area contributed by atoms with E-state index in [2.05, 4.69) is 0 Å². The molecule has 92 valence electrons. The molecular formula is C15H14O3. The van der Waals surface area contributed by atoms with Gasteiger partial charge in [-0.1, -0.05) is 12.1 Å². The SMILES string of the molecule is Cc1ccc(C(=O)c2cccc(OC3CC3)c2)o1. The van der Waals surface area contributed by atoms with Crippen LogP contribution in [0.15, 0.2) is 40.8 Å². The molecule has 3 heteroatoms. The van der Waals surface area contributed by atoms with E-state index in [1.165, 1.54) is 0 Å². The minimum atomic E-state index is -0.107. The Morgan fingerprint density at radius 2 is 2.11 bits per heavy atom. The Kier molecular flexibility index (Phi) is 2.67. The topological polar surface area (TPSA) is 39.4 Å². The molecule has 1 aromatic heterocycles. The van der Waals surface area contributed by atoms with E-state index < -0.39 is 0 Å². The van der Waals surface area contributed by atoms with Gasteiger partial charge in [0.05, 0.1) is 6.10 Å². The van der Waals surface area contributed by atoms with Crippen LogP contribution in [0.3, 0.4) is 0 Å². The Hall–Kier alpha value is -2.03. The number of aryl methyl sites for hydroxylation is 1. The number of benzene rings is 1. The summed E-state index contributed by atoms with van der Waals surface area (Å²) in [5, 5.41) is 0. The summed E-state index contributed by atoms with van der Waals surface area (Å²) in [5.74, 6) is 1.76. The lowest BCUT2D eigenvalue weighted by molar-refractivity contribution is 0.101. The number of carbonyl (C=O) groups excluding carboxylic acids is 1. The molecule has 1 fully saturated rings. The third-order valence-electron chi connectivity index (χ3n) is 2.89. The highest BCUT2D eigenvalue weighted by atomic mass is 16.5. The van der Waals surface area contributed by atoms with Crippen LogP contribution in [0.2, 0.25) is 0 Å². The average molecular weight is 242 g/mol. The fraction of sp³-hybridized carbons (Fsp3) is 0.267. The molecule has 0 atom stereocenters. The van der Waals surface area contributed by atoms with Crippen molar-refractivity contribution in [3.8, 4) is 5.75 Å². The molecule has 0 radical (unpaired) electrons. The van der Waals surface area contributed by atoms with Gasteiger partial charge in [-0.2, -0.15) is 0 Å². The van der Waals surface area contributed by atoms with E-state index in [4.69, 9.17) is 9.15 Å². The molecule has 0 spiro atoms. The summed E-state index contributed by atoms with van der Waals surface area (Å²) < 4.78 is 11.0. The summed E-state index contributed by atoms with van der Waals surface area (Å²) in [5.41, 5.74) is 0.600. The smallest absolute Gasteiger partial charge is 0.228 e. The van der Waals surface area contributed by atoms with Crippen molar-refractivity contribution >= 4 is 5.78 Å². The normalized spacial score (nSPS) is 14.5. The number of carbonyl (C=O) groups is 1. The second-order valence-corrected chi connectivity index (χ2v) is 4.58. The summed E-state index contributed by atoms with van der Waals surface area (Å²) >= 11 is 0. The van der Waals surface area contributed by atoms with E-state index in [0.717, 1.165) is 24.4 Å². The summed E-state index contributed by atoms with van der Waals surface area (Å²) in [7, 11) is 0. The van der Waals surface area contributed by atoms with Gasteiger partial charge in [0.15, 0.2) is 5.76 Å². The van der Waals surface area contributed by atoms with E-state index in [-0.39, 0.29) is 5.78 Å². The van der Waals surface area contributed by atoms with Crippen molar-refractivity contribution in [3.63, 3.8) is 0 Å². The molecule has 3 nitrogen and oxygen atoms in total. The van der Waals surface area contributed by atoms with Crippen molar-refractivity contribution in [3.05, 3.63) is 53.5 Å². The van der Waals surface area contributed by atoms with Crippen LogP contribution in [0.5, 0.6) is 5.75 Å². The number of furan rings is 1. The zero-order chi connectivity index (χ0) is 12.5. The van der Waals surface area contributed by atoms with E-state index >= 15 is 0 Å². The first-order valence-electron chi connectivity index (χ1n) is 6.10. The lowest BCUT2D eigenvalue weighted by Gasteiger charge is -2.05. The molecule has 0 N–H and O–H groups in total. The van der Waals surface area contributed by atoms with Gasteiger partial charge in [0.2, 0.25) is 5.78 Å². The van der Waals surface area contributed by atoms with Crippen LogP contribution < -0.4 is 4.74 Å². The van der Waals surface area contributed by atoms with Crippen LogP contribution >= 0.6 is 0 Å². The first-order valence-corrected chi connectivity index (χ1v) is 6.10. The van der Waals surface area contributed by atoms with Crippen LogP contribution in [0, 0.1) is 6.92 Å². The van der Waals surface area contributed by atoms with E-state index in [0.29, 0.717) is 17.4 Å². The van der Waals surface area contributed by atoms with Gasteiger partial charge < -0.3 is 9.15 Å². The van der Waals surface area contributed by atoms with Gasteiger partial charge >= 0.3 is 0 Å². The zero-order valence-electron chi connectivity index (χ0n) is 10.2. The first kappa shape index (κ1) is 11.1. The predicted octanol–water partition coefficient (Wildman–Crippen LogP) is 3.36. The third kappa shape index (κ3) is 2.30. The second-order valence-electron chi connectivity index (χ2n) is 4.58. The Labute approximate surface area is 105 Å². The molecule has 1 saturated carbocycles. The fourth-order valence-corrected chi connectivity index (χ4v) is 1.79. The maximum absolute atomic E-state index is 12.2. The lowest BCUT2D eigenvalue weighted by atomic mass is 10.1. The maximum atomic E-state index is 12.2. The highest BCUT2D eigenvalue weighted by molar-refractivity contribution is 6.07. The summed E-state index contributed by atoms with van der Waals surface area (Å²) in [6, 6.07) is 10.8. The molecule has 1 aromatic carbocycles. The van der Waals surface area contributed by atoms with Gasteiger partial charge in [-0.15, -0.1) is 0 Å². The number of rotatable bonds is 4. The van der Waals surface area contributed by atoms with Crippen LogP contribution in [-0.4, -0.2) is 11.9 Å². The highest BCUT2D eigenvalue weighted by Crippen LogP contribution is 2.27. The van der Waals surface area contributed by atoms with Gasteiger partial charge in [-0.25, -0.2) is 0 Å². The first-order chi connectivity index (χ1) is 8.72. The molecule has 0 amide bonds. The van der Waals surface area contributed by atoms with E-state index in [9.17, 15) is 4.79 Å². The Morgan fingerprint density at radius 3 is 2.78 bits per heavy atom. The number of ketones is 1. The minimum Gasteiger partial charge on any atom is -0.490 e. The standard InChI is InChI=1S/C15H14O3/c1-10-5-8-14(17-10)15(16)11-3-2-4-13(9-11)18-12-6-7-12/h2-5,8-9,12H,6-7H2,1H3. The predicted molar refractivity (Wildman–Crippen MR) is 67.0 cm³/mol. The van der Waals surface area contributed by atoms with Gasteiger partial charge in [0.25, 0.3) is 0 Å².